The summed E-state index contributed by atoms with van der Waals surface area (Å²) < 4.78 is 27.4. The summed E-state index contributed by atoms with van der Waals surface area (Å²) in [7, 11) is 0. The average molecular weight is 457 g/mol. The van der Waals surface area contributed by atoms with Crippen LogP contribution < -0.4 is 0 Å². The zero-order valence-electron chi connectivity index (χ0n) is 19.5. The third kappa shape index (κ3) is 11.2. The Kier molecular flexibility index (Phi) is 14.7. The van der Waals surface area contributed by atoms with E-state index in [-0.39, 0.29) is 31.9 Å². The molecule has 8 nitrogen and oxygen atoms in total. The highest BCUT2D eigenvalue weighted by molar-refractivity contribution is 5.13. The van der Waals surface area contributed by atoms with Gasteiger partial charge in [0.15, 0.2) is 12.6 Å². The van der Waals surface area contributed by atoms with Gasteiger partial charge in [-0.15, -0.1) is 0 Å². The quantitative estimate of drug-likeness (QED) is 0.377. The van der Waals surface area contributed by atoms with Gasteiger partial charge in [0.05, 0.1) is 13.2 Å². The lowest BCUT2D eigenvalue weighted by Gasteiger charge is -2.31. The number of rotatable bonds is 12. The molecule has 0 amide bonds. The summed E-state index contributed by atoms with van der Waals surface area (Å²) >= 11 is 0. The van der Waals surface area contributed by atoms with Gasteiger partial charge < -0.3 is 28.8 Å². The Balaban J connectivity index is 0.000000336. The molecule has 1 N–H and O–H groups in total. The summed E-state index contributed by atoms with van der Waals surface area (Å²) in [5.74, 6) is 0. The van der Waals surface area contributed by atoms with E-state index in [1.165, 1.54) is 12.8 Å². The van der Waals surface area contributed by atoms with Gasteiger partial charge in [-0.2, -0.15) is 0 Å². The highest BCUT2D eigenvalue weighted by atomic mass is 17.2. The van der Waals surface area contributed by atoms with Crippen molar-refractivity contribution in [1.82, 2.24) is 0 Å². The number of hydrogen-bond donors (Lipinski definition) is 1. The topological polar surface area (TPSA) is 84.8 Å². The van der Waals surface area contributed by atoms with E-state index in [4.69, 9.17) is 33.5 Å². The minimum atomic E-state index is -0.539. The number of ether oxygens (including phenoxy) is 5. The molecule has 4 unspecified atom stereocenters. The molecule has 0 spiro atoms. The van der Waals surface area contributed by atoms with E-state index in [0.717, 1.165) is 38.0 Å². The Morgan fingerprint density at radius 2 is 1.72 bits per heavy atom. The van der Waals surface area contributed by atoms with E-state index in [1.54, 1.807) is 0 Å². The molecular weight excluding hydrogens is 416 g/mol. The highest BCUT2D eigenvalue weighted by Gasteiger charge is 2.28. The number of benzene rings is 1. The van der Waals surface area contributed by atoms with Crippen LogP contribution in [0.25, 0.3) is 0 Å². The SMILES string of the molecule is CCOC1CCCCO1.CCOC1OCCCC1OCC(CO)OOCc1ccccc1. The standard InChI is InChI=1S/C17H26O6.C7H14O2/c1-2-19-17-16(9-6-10-20-17)21-13-15(11-18)23-22-12-14-7-4-3-5-8-14;1-2-8-7-5-3-4-6-9-7/h3-5,7-8,15-18H,2,6,9-13H2,1H3;7H,2-6H2,1H3. The van der Waals surface area contributed by atoms with Crippen LogP contribution in [-0.4, -0.2) is 69.5 Å². The molecule has 8 heteroatoms. The number of hydrogen-bond acceptors (Lipinski definition) is 8. The van der Waals surface area contributed by atoms with Crippen LogP contribution in [0.1, 0.15) is 51.5 Å². The number of aliphatic hydroxyl groups excluding tert-OH is 1. The van der Waals surface area contributed by atoms with Crippen LogP contribution in [0.15, 0.2) is 30.3 Å². The third-order valence-electron chi connectivity index (χ3n) is 5.01. The molecule has 1 aromatic carbocycles. The molecule has 0 radical (unpaired) electrons. The van der Waals surface area contributed by atoms with Crippen LogP contribution >= 0.6 is 0 Å². The van der Waals surface area contributed by atoms with Crippen LogP contribution in [0.2, 0.25) is 0 Å². The lowest BCUT2D eigenvalue weighted by molar-refractivity contribution is -0.347. The van der Waals surface area contributed by atoms with Gasteiger partial charge in [-0.05, 0) is 51.5 Å². The maximum absolute atomic E-state index is 9.37. The molecule has 1 aromatic rings. The Bertz CT molecular complexity index is 547. The van der Waals surface area contributed by atoms with Gasteiger partial charge in [-0.3, -0.25) is 0 Å². The van der Waals surface area contributed by atoms with Crippen molar-refractivity contribution in [2.45, 2.75) is 77.3 Å². The van der Waals surface area contributed by atoms with Gasteiger partial charge >= 0.3 is 0 Å². The molecule has 2 heterocycles. The molecule has 0 aromatic heterocycles. The predicted molar refractivity (Wildman–Crippen MR) is 119 cm³/mol. The first-order valence-corrected chi connectivity index (χ1v) is 11.8. The molecule has 4 atom stereocenters. The molecule has 184 valence electrons. The van der Waals surface area contributed by atoms with Gasteiger partial charge in [0.25, 0.3) is 0 Å². The van der Waals surface area contributed by atoms with Crippen LogP contribution in [0.3, 0.4) is 0 Å². The summed E-state index contributed by atoms with van der Waals surface area (Å²) in [5.41, 5.74) is 1.00. The Morgan fingerprint density at radius 3 is 2.41 bits per heavy atom. The maximum Gasteiger partial charge on any atom is 0.183 e. The molecule has 2 fully saturated rings. The normalized spacial score (nSPS) is 24.4. The van der Waals surface area contributed by atoms with E-state index in [9.17, 15) is 5.11 Å². The van der Waals surface area contributed by atoms with Crippen molar-refractivity contribution >= 4 is 0 Å². The van der Waals surface area contributed by atoms with E-state index < -0.39 is 6.10 Å². The summed E-state index contributed by atoms with van der Waals surface area (Å²) in [4.78, 5) is 10.4. The Labute approximate surface area is 192 Å². The fourth-order valence-electron chi connectivity index (χ4n) is 3.35. The molecule has 2 saturated heterocycles. The predicted octanol–water partition coefficient (Wildman–Crippen LogP) is 3.60. The maximum atomic E-state index is 9.37. The highest BCUT2D eigenvalue weighted by Crippen LogP contribution is 2.19. The van der Waals surface area contributed by atoms with Crippen molar-refractivity contribution in [2.24, 2.45) is 0 Å². The summed E-state index contributed by atoms with van der Waals surface area (Å²) in [6, 6.07) is 9.69. The summed E-state index contributed by atoms with van der Waals surface area (Å²) in [5, 5.41) is 9.37. The van der Waals surface area contributed by atoms with E-state index >= 15 is 0 Å². The van der Waals surface area contributed by atoms with Gasteiger partial charge in [-0.1, -0.05) is 30.3 Å². The van der Waals surface area contributed by atoms with Crippen LogP contribution in [-0.2, 0) is 40.1 Å². The zero-order chi connectivity index (χ0) is 22.9. The Morgan fingerprint density at radius 1 is 0.938 bits per heavy atom. The van der Waals surface area contributed by atoms with Gasteiger partial charge in [0, 0.05) is 26.4 Å². The van der Waals surface area contributed by atoms with Crippen molar-refractivity contribution in [1.29, 1.82) is 0 Å². The lowest BCUT2D eigenvalue weighted by atomic mass is 10.1. The molecule has 0 bridgehead atoms. The minimum absolute atomic E-state index is 0.101. The smallest absolute Gasteiger partial charge is 0.183 e. The van der Waals surface area contributed by atoms with E-state index in [1.807, 2.05) is 44.2 Å². The minimum Gasteiger partial charge on any atom is -0.393 e. The number of aliphatic hydroxyl groups is 1. The first kappa shape index (κ1) is 27.1. The van der Waals surface area contributed by atoms with Gasteiger partial charge in [0.2, 0.25) is 0 Å². The molecular formula is C24H40O8. The third-order valence-corrected chi connectivity index (χ3v) is 5.01. The van der Waals surface area contributed by atoms with Crippen molar-refractivity contribution in [3.05, 3.63) is 35.9 Å². The molecule has 3 rings (SSSR count). The van der Waals surface area contributed by atoms with Crippen LogP contribution in [0.4, 0.5) is 0 Å². The second-order valence-corrected chi connectivity index (χ2v) is 7.61. The zero-order valence-corrected chi connectivity index (χ0v) is 19.5. The summed E-state index contributed by atoms with van der Waals surface area (Å²) in [6.07, 6.45) is 4.40. The fourth-order valence-corrected chi connectivity index (χ4v) is 3.35. The summed E-state index contributed by atoms with van der Waals surface area (Å²) in [6.45, 7) is 7.20. The molecule has 2 aliphatic heterocycles. The van der Waals surface area contributed by atoms with Crippen molar-refractivity contribution < 1.29 is 38.6 Å². The molecule has 0 saturated carbocycles. The molecule has 2 aliphatic rings. The second kappa shape index (κ2) is 17.4. The van der Waals surface area contributed by atoms with Gasteiger partial charge in [0.1, 0.15) is 18.8 Å². The Hall–Kier alpha value is -1.10. The van der Waals surface area contributed by atoms with Gasteiger partial charge in [-0.25, -0.2) is 9.78 Å². The molecule has 32 heavy (non-hydrogen) atoms. The van der Waals surface area contributed by atoms with E-state index in [2.05, 4.69) is 0 Å². The molecule has 0 aliphatic carbocycles. The average Bonchev–Trinajstić information content (AvgIpc) is 2.84. The largest absolute Gasteiger partial charge is 0.393 e. The van der Waals surface area contributed by atoms with E-state index in [0.29, 0.717) is 19.8 Å². The fraction of sp³-hybridized carbons (Fsp3) is 0.750. The second-order valence-electron chi connectivity index (χ2n) is 7.61. The first-order chi connectivity index (χ1) is 15.8. The van der Waals surface area contributed by atoms with Crippen LogP contribution in [0.5, 0.6) is 0 Å². The van der Waals surface area contributed by atoms with Crippen molar-refractivity contribution in [2.75, 3.05) is 39.6 Å². The monoisotopic (exact) mass is 456 g/mol. The lowest BCUT2D eigenvalue weighted by Crippen LogP contribution is -2.40. The van der Waals surface area contributed by atoms with Crippen molar-refractivity contribution in [3.63, 3.8) is 0 Å². The first-order valence-electron chi connectivity index (χ1n) is 11.8. The van der Waals surface area contributed by atoms with Crippen molar-refractivity contribution in [3.8, 4) is 0 Å². The van der Waals surface area contributed by atoms with Crippen LogP contribution in [0, 0.1) is 0 Å².